The van der Waals surface area contributed by atoms with E-state index in [4.69, 9.17) is 20.9 Å². The highest BCUT2D eigenvalue weighted by Gasteiger charge is 2.11. The zero-order valence-electron chi connectivity index (χ0n) is 10.6. The Morgan fingerprint density at radius 3 is 2.72 bits per heavy atom. The van der Waals surface area contributed by atoms with Crippen molar-refractivity contribution in [2.45, 2.75) is 6.10 Å². The molecule has 1 unspecified atom stereocenters. The summed E-state index contributed by atoms with van der Waals surface area (Å²) in [5, 5.41) is 3.10. The smallest absolute Gasteiger partial charge is 0.250 e. The van der Waals surface area contributed by atoms with Gasteiger partial charge in [-0.3, -0.25) is 4.79 Å². The first-order valence-electron chi connectivity index (χ1n) is 5.53. The minimum absolute atomic E-state index is 0.103. The molecule has 5 N–H and O–H groups in total. The molecule has 0 bridgehead atoms. The van der Waals surface area contributed by atoms with Gasteiger partial charge in [-0.2, -0.15) is 0 Å². The quantitative estimate of drug-likeness (QED) is 0.612. The number of nitrogens with two attached hydrogens (primary N) is 2. The highest BCUT2D eigenvalue weighted by Crippen LogP contribution is 2.18. The average Bonchev–Trinajstić information content (AvgIpc) is 2.35. The van der Waals surface area contributed by atoms with Gasteiger partial charge in [0.05, 0.1) is 18.3 Å². The summed E-state index contributed by atoms with van der Waals surface area (Å²) in [7, 11) is 3.20. The van der Waals surface area contributed by atoms with Crippen LogP contribution in [-0.2, 0) is 9.47 Å². The van der Waals surface area contributed by atoms with Gasteiger partial charge >= 0.3 is 0 Å². The van der Waals surface area contributed by atoms with Gasteiger partial charge in [-0.05, 0) is 18.2 Å². The maximum atomic E-state index is 11.3. The molecule has 1 rings (SSSR count). The molecule has 0 aliphatic rings. The second-order valence-electron chi connectivity index (χ2n) is 3.86. The van der Waals surface area contributed by atoms with E-state index in [2.05, 4.69) is 5.32 Å². The highest BCUT2D eigenvalue weighted by atomic mass is 16.5. The van der Waals surface area contributed by atoms with E-state index in [9.17, 15) is 4.79 Å². The monoisotopic (exact) mass is 253 g/mol. The van der Waals surface area contributed by atoms with E-state index in [1.807, 2.05) is 0 Å². The van der Waals surface area contributed by atoms with E-state index < -0.39 is 5.91 Å². The third kappa shape index (κ3) is 3.90. The van der Waals surface area contributed by atoms with Crippen LogP contribution in [0.1, 0.15) is 10.4 Å². The Kier molecular flexibility index (Phi) is 5.41. The summed E-state index contributed by atoms with van der Waals surface area (Å²) >= 11 is 0. The SMILES string of the molecule is COCC(CNc1ccc(N)cc1C(N)=O)OC. The number of primary amides is 1. The fraction of sp³-hybridized carbons (Fsp3) is 0.417. The van der Waals surface area contributed by atoms with Crippen molar-refractivity contribution in [3.05, 3.63) is 23.8 Å². The minimum Gasteiger partial charge on any atom is -0.399 e. The number of hydrogen-bond donors (Lipinski definition) is 3. The number of hydrogen-bond acceptors (Lipinski definition) is 5. The Bertz CT molecular complexity index is 410. The van der Waals surface area contributed by atoms with Crippen molar-refractivity contribution in [3.8, 4) is 0 Å². The predicted molar refractivity (Wildman–Crippen MR) is 70.5 cm³/mol. The zero-order chi connectivity index (χ0) is 13.5. The number of anilines is 2. The van der Waals surface area contributed by atoms with Crippen molar-refractivity contribution in [2.75, 3.05) is 38.4 Å². The summed E-state index contributed by atoms with van der Waals surface area (Å²) in [5.41, 5.74) is 12.4. The Hall–Kier alpha value is -1.79. The van der Waals surface area contributed by atoms with Crippen LogP contribution in [0.15, 0.2) is 18.2 Å². The topological polar surface area (TPSA) is 99.6 Å². The molecule has 0 heterocycles. The molecule has 0 radical (unpaired) electrons. The highest BCUT2D eigenvalue weighted by molar-refractivity contribution is 5.99. The third-order valence-corrected chi connectivity index (χ3v) is 2.52. The lowest BCUT2D eigenvalue weighted by atomic mass is 10.1. The number of carbonyl (C=O) groups is 1. The Balaban J connectivity index is 2.74. The molecule has 0 aliphatic carbocycles. The second kappa shape index (κ2) is 6.83. The van der Waals surface area contributed by atoms with Crippen LogP contribution in [0.5, 0.6) is 0 Å². The maximum Gasteiger partial charge on any atom is 0.250 e. The Morgan fingerprint density at radius 2 is 2.17 bits per heavy atom. The zero-order valence-corrected chi connectivity index (χ0v) is 10.6. The summed E-state index contributed by atoms with van der Waals surface area (Å²) in [6, 6.07) is 4.96. The van der Waals surface area contributed by atoms with Gasteiger partial charge in [0.1, 0.15) is 0 Å². The second-order valence-corrected chi connectivity index (χ2v) is 3.86. The van der Waals surface area contributed by atoms with E-state index in [0.29, 0.717) is 30.1 Å². The van der Waals surface area contributed by atoms with Crippen LogP contribution < -0.4 is 16.8 Å². The first-order valence-corrected chi connectivity index (χ1v) is 5.53. The Morgan fingerprint density at radius 1 is 1.44 bits per heavy atom. The van der Waals surface area contributed by atoms with Gasteiger partial charge in [0.15, 0.2) is 0 Å². The van der Waals surface area contributed by atoms with Crippen molar-refractivity contribution in [2.24, 2.45) is 5.73 Å². The summed E-state index contributed by atoms with van der Waals surface area (Å²) in [6.45, 7) is 0.971. The van der Waals surface area contributed by atoms with Gasteiger partial charge in [-0.25, -0.2) is 0 Å². The first-order chi connectivity index (χ1) is 8.58. The summed E-state index contributed by atoms with van der Waals surface area (Å²) in [5.74, 6) is -0.523. The predicted octanol–water partition coefficient (Wildman–Crippen LogP) is 0.441. The van der Waals surface area contributed by atoms with E-state index in [1.165, 1.54) is 0 Å². The number of nitrogen functional groups attached to an aromatic ring is 1. The molecule has 1 amide bonds. The first kappa shape index (κ1) is 14.3. The van der Waals surface area contributed by atoms with Crippen LogP contribution in [0, 0.1) is 0 Å². The van der Waals surface area contributed by atoms with Crippen molar-refractivity contribution in [1.82, 2.24) is 0 Å². The van der Waals surface area contributed by atoms with Gasteiger partial charge in [-0.15, -0.1) is 0 Å². The van der Waals surface area contributed by atoms with Crippen LogP contribution in [0.25, 0.3) is 0 Å². The van der Waals surface area contributed by atoms with Crippen molar-refractivity contribution < 1.29 is 14.3 Å². The lowest BCUT2D eigenvalue weighted by Gasteiger charge is -2.17. The number of carbonyl (C=O) groups excluding carboxylic acids is 1. The molecular weight excluding hydrogens is 234 g/mol. The summed E-state index contributed by atoms with van der Waals surface area (Å²) in [6.07, 6.45) is -0.103. The fourth-order valence-electron chi connectivity index (χ4n) is 1.54. The van der Waals surface area contributed by atoms with Crippen LogP contribution in [0.4, 0.5) is 11.4 Å². The lowest BCUT2D eigenvalue weighted by molar-refractivity contribution is 0.0365. The van der Waals surface area contributed by atoms with Gasteiger partial charge in [-0.1, -0.05) is 0 Å². The maximum absolute atomic E-state index is 11.3. The lowest BCUT2D eigenvalue weighted by Crippen LogP contribution is -2.27. The number of rotatable bonds is 7. The summed E-state index contributed by atoms with van der Waals surface area (Å²) in [4.78, 5) is 11.3. The summed E-state index contributed by atoms with van der Waals surface area (Å²) < 4.78 is 10.2. The molecule has 0 aromatic heterocycles. The molecule has 1 aromatic carbocycles. The van der Waals surface area contributed by atoms with Gasteiger partial charge in [0.25, 0.3) is 5.91 Å². The molecule has 0 saturated heterocycles. The molecule has 0 saturated carbocycles. The van der Waals surface area contributed by atoms with Gasteiger partial charge in [0.2, 0.25) is 0 Å². The van der Waals surface area contributed by atoms with E-state index >= 15 is 0 Å². The molecule has 0 aliphatic heterocycles. The van der Waals surface area contributed by atoms with Gasteiger partial charge in [0, 0.05) is 32.1 Å². The van der Waals surface area contributed by atoms with Crippen LogP contribution in [0.3, 0.4) is 0 Å². The molecule has 6 nitrogen and oxygen atoms in total. The normalized spacial score (nSPS) is 12.1. The number of methoxy groups -OCH3 is 2. The number of nitrogens with one attached hydrogen (secondary N) is 1. The van der Waals surface area contributed by atoms with Crippen molar-refractivity contribution in [3.63, 3.8) is 0 Å². The van der Waals surface area contributed by atoms with Crippen molar-refractivity contribution >= 4 is 17.3 Å². The standard InChI is InChI=1S/C12H19N3O3/c1-17-7-9(18-2)6-15-11-4-3-8(13)5-10(11)12(14)16/h3-5,9,15H,6-7,13H2,1-2H3,(H2,14,16). The molecule has 1 atom stereocenters. The number of benzene rings is 1. The molecule has 18 heavy (non-hydrogen) atoms. The number of amides is 1. The van der Waals surface area contributed by atoms with Crippen LogP contribution in [-0.4, -0.2) is 39.4 Å². The minimum atomic E-state index is -0.523. The van der Waals surface area contributed by atoms with Crippen molar-refractivity contribution in [1.29, 1.82) is 0 Å². The molecule has 6 heteroatoms. The molecule has 1 aromatic rings. The Labute approximate surface area is 106 Å². The van der Waals surface area contributed by atoms with Gasteiger partial charge < -0.3 is 26.3 Å². The van der Waals surface area contributed by atoms with Crippen LogP contribution in [0.2, 0.25) is 0 Å². The van der Waals surface area contributed by atoms with E-state index in [0.717, 1.165) is 0 Å². The largest absolute Gasteiger partial charge is 0.399 e. The van der Waals surface area contributed by atoms with Crippen LogP contribution >= 0.6 is 0 Å². The third-order valence-electron chi connectivity index (χ3n) is 2.52. The average molecular weight is 253 g/mol. The molecule has 0 fully saturated rings. The fourth-order valence-corrected chi connectivity index (χ4v) is 1.54. The van der Waals surface area contributed by atoms with E-state index in [1.54, 1.807) is 32.4 Å². The molecule has 0 spiro atoms. The van der Waals surface area contributed by atoms with E-state index in [-0.39, 0.29) is 6.10 Å². The number of ether oxygens (including phenoxy) is 2. The molecular formula is C12H19N3O3. The molecule has 100 valence electrons.